The van der Waals surface area contributed by atoms with E-state index in [0.717, 1.165) is 11.5 Å². The van der Waals surface area contributed by atoms with Crippen LogP contribution in [0.2, 0.25) is 0 Å². The van der Waals surface area contributed by atoms with Gasteiger partial charge in [0.1, 0.15) is 11.5 Å². The summed E-state index contributed by atoms with van der Waals surface area (Å²) in [5.41, 5.74) is 5.53. The lowest BCUT2D eigenvalue weighted by molar-refractivity contribution is -0.121. The molecule has 3 N–H and O–H groups in total. The highest BCUT2D eigenvalue weighted by molar-refractivity contribution is 5.76. The van der Waals surface area contributed by atoms with Gasteiger partial charge in [-0.3, -0.25) is 4.79 Å². The van der Waals surface area contributed by atoms with Gasteiger partial charge in [0, 0.05) is 12.6 Å². The number of carbonyl (C=O) groups excluding carboxylic acids is 1. The highest BCUT2D eigenvalue weighted by Gasteiger charge is 2.03. The van der Waals surface area contributed by atoms with Gasteiger partial charge in [0.15, 0.2) is 0 Å². The van der Waals surface area contributed by atoms with Gasteiger partial charge in [-0.25, -0.2) is 0 Å². The van der Waals surface area contributed by atoms with E-state index in [1.165, 1.54) is 0 Å². The van der Waals surface area contributed by atoms with Crippen molar-refractivity contribution in [2.24, 2.45) is 5.73 Å². The molecule has 0 radical (unpaired) electrons. The van der Waals surface area contributed by atoms with Gasteiger partial charge in [-0.05, 0) is 31.2 Å². The van der Waals surface area contributed by atoms with Crippen molar-refractivity contribution in [1.82, 2.24) is 5.32 Å². The zero-order chi connectivity index (χ0) is 13.4. The molecule has 0 fully saturated rings. The third kappa shape index (κ3) is 5.54. The molecule has 1 atom stereocenters. The second-order valence-corrected chi connectivity index (χ2v) is 4.06. The second kappa shape index (κ2) is 7.55. The Morgan fingerprint density at radius 3 is 2.50 bits per heavy atom. The summed E-state index contributed by atoms with van der Waals surface area (Å²) in [5, 5.41) is 2.72. The van der Waals surface area contributed by atoms with E-state index in [1.807, 2.05) is 19.1 Å². The zero-order valence-corrected chi connectivity index (χ0v) is 10.8. The van der Waals surface area contributed by atoms with E-state index >= 15 is 0 Å². The van der Waals surface area contributed by atoms with E-state index in [0.29, 0.717) is 19.6 Å². The fourth-order valence-corrected chi connectivity index (χ4v) is 1.30. The highest BCUT2D eigenvalue weighted by Crippen LogP contribution is 2.16. The average Bonchev–Trinajstić information content (AvgIpc) is 2.37. The van der Waals surface area contributed by atoms with Crippen LogP contribution in [0.5, 0.6) is 11.5 Å². The molecule has 1 aromatic carbocycles. The van der Waals surface area contributed by atoms with E-state index in [-0.39, 0.29) is 11.9 Å². The minimum atomic E-state index is -0.0548. The smallest absolute Gasteiger partial charge is 0.223 e. The number of ether oxygens (including phenoxy) is 2. The normalized spacial score (nSPS) is 11.7. The molecule has 18 heavy (non-hydrogen) atoms. The maximum absolute atomic E-state index is 11.4. The Bertz CT molecular complexity index is 363. The summed E-state index contributed by atoms with van der Waals surface area (Å²) >= 11 is 0. The third-order valence-corrected chi connectivity index (χ3v) is 2.28. The van der Waals surface area contributed by atoms with Crippen LogP contribution in [-0.2, 0) is 4.79 Å². The van der Waals surface area contributed by atoms with Crippen LogP contribution >= 0.6 is 0 Å². The van der Waals surface area contributed by atoms with Crippen molar-refractivity contribution in [3.05, 3.63) is 24.3 Å². The number of carbonyl (C=O) groups is 1. The maximum Gasteiger partial charge on any atom is 0.223 e. The van der Waals surface area contributed by atoms with Crippen LogP contribution in [0.4, 0.5) is 0 Å². The summed E-state index contributed by atoms with van der Waals surface area (Å²) in [7, 11) is 1.61. The Morgan fingerprint density at radius 2 is 1.94 bits per heavy atom. The number of rotatable bonds is 7. The van der Waals surface area contributed by atoms with E-state index < -0.39 is 0 Å². The Kier molecular flexibility index (Phi) is 6.00. The molecule has 0 saturated carbocycles. The first kappa shape index (κ1) is 14.3. The van der Waals surface area contributed by atoms with E-state index in [9.17, 15) is 4.79 Å². The van der Waals surface area contributed by atoms with Gasteiger partial charge >= 0.3 is 0 Å². The Balaban J connectivity index is 2.22. The number of hydrogen-bond donors (Lipinski definition) is 2. The highest BCUT2D eigenvalue weighted by atomic mass is 16.5. The summed E-state index contributed by atoms with van der Waals surface area (Å²) < 4.78 is 10.5. The van der Waals surface area contributed by atoms with Crippen molar-refractivity contribution in [3.8, 4) is 11.5 Å². The molecular formula is C13H20N2O3. The number of amides is 1. The zero-order valence-electron chi connectivity index (χ0n) is 10.8. The molecule has 5 nitrogen and oxygen atoms in total. The minimum absolute atomic E-state index is 0.0311. The summed E-state index contributed by atoms with van der Waals surface area (Å²) in [5.74, 6) is 1.44. The molecule has 0 aromatic heterocycles. The van der Waals surface area contributed by atoms with Crippen molar-refractivity contribution >= 4 is 5.91 Å². The number of nitrogens with one attached hydrogen (secondary N) is 1. The van der Waals surface area contributed by atoms with Crippen molar-refractivity contribution in [2.45, 2.75) is 19.4 Å². The lowest BCUT2D eigenvalue weighted by Crippen LogP contribution is -2.35. The van der Waals surface area contributed by atoms with Crippen LogP contribution in [0.3, 0.4) is 0 Å². The first-order valence-electron chi connectivity index (χ1n) is 5.91. The largest absolute Gasteiger partial charge is 0.497 e. The number of methoxy groups -OCH3 is 1. The lowest BCUT2D eigenvalue weighted by Gasteiger charge is -2.09. The predicted octanol–water partition coefficient (Wildman–Crippen LogP) is 0.927. The summed E-state index contributed by atoms with van der Waals surface area (Å²) in [6.45, 7) is 2.67. The van der Waals surface area contributed by atoms with Crippen molar-refractivity contribution in [2.75, 3.05) is 20.3 Å². The second-order valence-electron chi connectivity index (χ2n) is 4.06. The molecule has 1 unspecified atom stereocenters. The summed E-state index contributed by atoms with van der Waals surface area (Å²) in [6, 6.07) is 7.20. The van der Waals surface area contributed by atoms with Crippen molar-refractivity contribution in [3.63, 3.8) is 0 Å². The Morgan fingerprint density at radius 1 is 1.33 bits per heavy atom. The van der Waals surface area contributed by atoms with Crippen LogP contribution in [0.15, 0.2) is 24.3 Å². The van der Waals surface area contributed by atoms with Crippen LogP contribution in [-0.4, -0.2) is 32.2 Å². The summed E-state index contributed by atoms with van der Waals surface area (Å²) in [4.78, 5) is 11.4. The molecule has 1 rings (SSSR count). The van der Waals surface area contributed by atoms with Gasteiger partial charge in [-0.1, -0.05) is 0 Å². The molecule has 5 heteroatoms. The maximum atomic E-state index is 11.4. The fraction of sp³-hybridized carbons (Fsp3) is 0.462. The predicted molar refractivity (Wildman–Crippen MR) is 69.8 cm³/mol. The number of nitrogens with two attached hydrogens (primary N) is 1. The average molecular weight is 252 g/mol. The summed E-state index contributed by atoms with van der Waals surface area (Å²) in [6.07, 6.45) is 0.318. The quantitative estimate of drug-likeness (QED) is 0.757. The number of benzene rings is 1. The molecule has 0 saturated heterocycles. The van der Waals surface area contributed by atoms with Crippen LogP contribution < -0.4 is 20.5 Å². The minimum Gasteiger partial charge on any atom is -0.497 e. The van der Waals surface area contributed by atoms with E-state index in [1.54, 1.807) is 19.2 Å². The lowest BCUT2D eigenvalue weighted by atomic mass is 10.3. The molecule has 0 heterocycles. The molecular weight excluding hydrogens is 232 g/mol. The van der Waals surface area contributed by atoms with Crippen molar-refractivity contribution in [1.29, 1.82) is 0 Å². The van der Waals surface area contributed by atoms with Crippen LogP contribution in [0, 0.1) is 0 Å². The Labute approximate surface area is 107 Å². The van der Waals surface area contributed by atoms with Gasteiger partial charge in [0.2, 0.25) is 5.91 Å². The molecule has 0 bridgehead atoms. The molecule has 1 amide bonds. The van der Waals surface area contributed by atoms with Crippen LogP contribution in [0.1, 0.15) is 13.3 Å². The molecule has 100 valence electrons. The van der Waals surface area contributed by atoms with Gasteiger partial charge < -0.3 is 20.5 Å². The van der Waals surface area contributed by atoms with Crippen molar-refractivity contribution < 1.29 is 14.3 Å². The van der Waals surface area contributed by atoms with Gasteiger partial charge in [0.05, 0.1) is 20.1 Å². The van der Waals surface area contributed by atoms with Gasteiger partial charge in [-0.2, -0.15) is 0 Å². The third-order valence-electron chi connectivity index (χ3n) is 2.28. The monoisotopic (exact) mass is 252 g/mol. The first-order chi connectivity index (χ1) is 8.61. The molecule has 0 aliphatic heterocycles. The van der Waals surface area contributed by atoms with E-state index in [2.05, 4.69) is 5.32 Å². The van der Waals surface area contributed by atoms with Gasteiger partial charge in [0.25, 0.3) is 0 Å². The molecule has 0 spiro atoms. The SMILES string of the molecule is COc1ccc(OCCC(=O)NCC(C)N)cc1. The Hall–Kier alpha value is -1.75. The van der Waals surface area contributed by atoms with E-state index in [4.69, 9.17) is 15.2 Å². The number of hydrogen-bond acceptors (Lipinski definition) is 4. The van der Waals surface area contributed by atoms with Gasteiger partial charge in [-0.15, -0.1) is 0 Å². The standard InChI is InChI=1S/C13H20N2O3/c1-10(14)9-15-13(16)7-8-18-12-5-3-11(17-2)4-6-12/h3-6,10H,7-9,14H2,1-2H3,(H,15,16). The first-order valence-corrected chi connectivity index (χ1v) is 5.91. The molecule has 1 aromatic rings. The fourth-order valence-electron chi connectivity index (χ4n) is 1.30. The molecule has 0 aliphatic carbocycles. The van der Waals surface area contributed by atoms with Crippen LogP contribution in [0.25, 0.3) is 0 Å². The molecule has 0 aliphatic rings. The topological polar surface area (TPSA) is 73.6 Å².